The highest BCUT2D eigenvalue weighted by Gasteiger charge is 2.05. The van der Waals surface area contributed by atoms with E-state index in [2.05, 4.69) is 13.8 Å². The molecule has 3 fully saturated rings. The van der Waals surface area contributed by atoms with E-state index in [1.165, 1.54) is 141 Å². The topological polar surface area (TPSA) is 0 Å². The van der Waals surface area contributed by atoms with Gasteiger partial charge in [-0.15, -0.1) is 0 Å². The Kier molecular flexibility index (Phi) is 147. The van der Waals surface area contributed by atoms with Gasteiger partial charge in [0.15, 0.2) is 0 Å². The quantitative estimate of drug-likeness (QED) is 0.231. The van der Waals surface area contributed by atoms with Crippen LogP contribution in [-0.2, 0) is 0 Å². The number of hydrogen-bond donors (Lipinski definition) is 0. The largest absolute Gasteiger partial charge is 0.153 e. The third-order valence-corrected chi connectivity index (χ3v) is 6.79. The van der Waals surface area contributed by atoms with Crippen LogP contribution in [0.4, 0.5) is 0 Å². The van der Waals surface area contributed by atoms with Crippen LogP contribution in [0.3, 0.4) is 0 Å². The van der Waals surface area contributed by atoms with Crippen LogP contribution in [0.5, 0.6) is 0 Å². The van der Waals surface area contributed by atoms with E-state index >= 15 is 0 Å². The van der Waals surface area contributed by atoms with Crippen molar-refractivity contribution in [2.75, 3.05) is 0 Å². The predicted molar refractivity (Wildman–Crippen MR) is 224 cm³/mol. The molecule has 0 heterocycles. The Hall–Kier alpha value is 0.430. The zero-order valence-electron chi connectivity index (χ0n) is 33.4. The van der Waals surface area contributed by atoms with Gasteiger partial charge >= 0.3 is 0 Å². The highest BCUT2D eigenvalue weighted by Crippen LogP contribution is 2.22. The minimum atomic E-state index is 0. The smallest absolute Gasteiger partial charge is 0.0443 e. The molecule has 1 atom stereocenters. The fourth-order valence-electron chi connectivity index (χ4n) is 4.73. The van der Waals surface area contributed by atoms with Gasteiger partial charge in [0.05, 0.1) is 0 Å². The first kappa shape index (κ1) is 70.0. The molecule has 0 spiro atoms. The Morgan fingerprint density at radius 1 is 0.233 bits per heavy atom. The Labute approximate surface area is 287 Å². The van der Waals surface area contributed by atoms with Gasteiger partial charge in [-0.05, 0) is 11.8 Å². The molecule has 3 rings (SSSR count). The Morgan fingerprint density at radius 3 is 0.442 bits per heavy atom. The normalized spacial score (nSPS) is 15.9. The van der Waals surface area contributed by atoms with E-state index in [9.17, 15) is 0 Å². The van der Waals surface area contributed by atoms with Crippen LogP contribution in [0.15, 0.2) is 0 Å². The zero-order chi connectivity index (χ0) is 32.7. The molecule has 3 aliphatic carbocycles. The van der Waals surface area contributed by atoms with Crippen LogP contribution in [0.2, 0.25) is 0 Å². The monoisotopic (exact) mass is 641 g/mol. The first-order valence-electron chi connectivity index (χ1n) is 19.8. The molecule has 0 bridgehead atoms. The molecule has 0 radical (unpaired) electrons. The van der Waals surface area contributed by atoms with E-state index in [0.29, 0.717) is 0 Å². The van der Waals surface area contributed by atoms with Crippen LogP contribution in [0.1, 0.15) is 267 Å². The van der Waals surface area contributed by atoms with Crippen molar-refractivity contribution in [2.45, 2.75) is 267 Å². The predicted octanol–water partition coefficient (Wildman–Crippen LogP) is 18.4. The van der Waals surface area contributed by atoms with Crippen LogP contribution < -0.4 is 0 Å². The van der Waals surface area contributed by atoms with Crippen molar-refractivity contribution >= 4 is 9.90 Å². The average Bonchev–Trinajstić information content (AvgIpc) is 3.00. The lowest BCUT2D eigenvalue weighted by molar-refractivity contribution is 0.404. The van der Waals surface area contributed by atoms with Crippen LogP contribution in [-0.4, -0.2) is 0 Å². The summed E-state index contributed by atoms with van der Waals surface area (Å²) in [7, 11) is 0. The second kappa shape index (κ2) is 90.1. The first-order valence-corrected chi connectivity index (χ1v) is 19.8. The molecule has 1 unspecified atom stereocenters. The van der Waals surface area contributed by atoms with Gasteiger partial charge < -0.3 is 0 Å². The summed E-state index contributed by atoms with van der Waals surface area (Å²) in [6.07, 6.45) is 32.8. The summed E-state index contributed by atoms with van der Waals surface area (Å²) in [5.74, 6) is 2.04. The van der Waals surface area contributed by atoms with Crippen LogP contribution in [0, 0.1) is 11.8 Å². The maximum atomic E-state index is 2.39. The molecule has 0 aromatic carbocycles. The highest BCUT2D eigenvalue weighted by molar-refractivity contribution is 6.92. The maximum absolute atomic E-state index is 2.39. The van der Waals surface area contributed by atoms with Gasteiger partial charge in [-0.1, -0.05) is 267 Å². The second-order valence-corrected chi connectivity index (χ2v) is 9.73. The maximum Gasteiger partial charge on any atom is -0.0443 e. The Balaban J connectivity index is -0.0000000383. The molecule has 0 nitrogen and oxygen atoms in total. The van der Waals surface area contributed by atoms with Gasteiger partial charge in [-0.2, -0.15) is 9.90 Å². The van der Waals surface area contributed by atoms with Crippen molar-refractivity contribution in [1.82, 2.24) is 0 Å². The summed E-state index contributed by atoms with van der Waals surface area (Å²) >= 11 is 0. The van der Waals surface area contributed by atoms with Gasteiger partial charge in [0.2, 0.25) is 0 Å². The molecule has 0 aromatic heterocycles. The van der Waals surface area contributed by atoms with E-state index in [-0.39, 0.29) is 24.8 Å². The lowest BCUT2D eigenvalue weighted by atomic mass is 9.93. The van der Waals surface area contributed by atoms with Crippen molar-refractivity contribution in [3.63, 3.8) is 0 Å². The Bertz CT molecular complexity index is 216. The van der Waals surface area contributed by atoms with Gasteiger partial charge in [0.25, 0.3) is 0 Å². The van der Waals surface area contributed by atoms with Crippen molar-refractivity contribution in [3.8, 4) is 0 Å². The molecule has 0 aliphatic heterocycles. The van der Waals surface area contributed by atoms with E-state index in [0.717, 1.165) is 11.8 Å². The van der Waals surface area contributed by atoms with Crippen LogP contribution >= 0.6 is 9.90 Å². The summed E-state index contributed by atoms with van der Waals surface area (Å²) in [6, 6.07) is 0. The summed E-state index contributed by atoms with van der Waals surface area (Å²) < 4.78 is 0. The van der Waals surface area contributed by atoms with Crippen molar-refractivity contribution in [2.24, 2.45) is 11.8 Å². The average molecular weight is 641 g/mol. The second-order valence-electron chi connectivity index (χ2n) is 9.73. The van der Waals surface area contributed by atoms with E-state index in [4.69, 9.17) is 0 Å². The third kappa shape index (κ3) is 85.8. The first-order chi connectivity index (χ1) is 19.8. The van der Waals surface area contributed by atoms with Gasteiger partial charge in [0, 0.05) is 0 Å². The van der Waals surface area contributed by atoms with Gasteiger partial charge in [0.1, 0.15) is 0 Å². The molecule has 1 heteroatoms. The summed E-state index contributed by atoms with van der Waals surface area (Å²) in [5, 5.41) is 0. The highest BCUT2D eigenvalue weighted by atomic mass is 31.0. The lowest BCUT2D eigenvalue weighted by Gasteiger charge is -2.13. The van der Waals surface area contributed by atoms with Gasteiger partial charge in [-0.3, -0.25) is 0 Å². The molecule has 0 saturated heterocycles. The Morgan fingerprint density at radius 2 is 0.326 bits per heavy atom. The molecule has 0 aromatic rings. The minimum absolute atomic E-state index is 0. The standard InChI is InChI=1S/2C9H18.C8H16.7C2H6.2CH4.H3P/c2*1-9-7-5-3-2-4-6-8-9;1-2-4-6-8-7-5-3-1;7*1-2;;;/h2*9H,2-8H2,1H3;1-8H2;7*1-2H3;2*1H4;1H3. The summed E-state index contributed by atoms with van der Waals surface area (Å²) in [6.45, 7) is 32.8. The summed E-state index contributed by atoms with van der Waals surface area (Å²) in [4.78, 5) is 0. The molecule has 3 aliphatic rings. The zero-order valence-corrected chi connectivity index (χ0v) is 34.8. The lowest BCUT2D eigenvalue weighted by Crippen LogP contribution is -1.97. The fraction of sp³-hybridized carbons (Fsp3) is 1.00. The molecule has 0 N–H and O–H groups in total. The molecular formula is C42H105P. The fourth-order valence-corrected chi connectivity index (χ4v) is 4.73. The molecule has 3 saturated carbocycles. The van der Waals surface area contributed by atoms with Gasteiger partial charge in [-0.25, -0.2) is 0 Å². The molecule has 0 amide bonds. The van der Waals surface area contributed by atoms with E-state index < -0.39 is 0 Å². The molecular weight excluding hydrogens is 535 g/mol. The molecule has 278 valence electrons. The van der Waals surface area contributed by atoms with Crippen molar-refractivity contribution in [1.29, 1.82) is 0 Å². The van der Waals surface area contributed by atoms with Crippen LogP contribution in [0.25, 0.3) is 0 Å². The molecule has 43 heavy (non-hydrogen) atoms. The van der Waals surface area contributed by atoms with Crippen molar-refractivity contribution in [3.05, 3.63) is 0 Å². The SMILES string of the molecule is C.C.C1CCCCCCC1.CC.CC.CC.CC.CC.CC.CC.CC1CCCCCCC1.CC1CCCCCCC1.P. The third-order valence-electron chi connectivity index (χ3n) is 6.79. The van der Waals surface area contributed by atoms with E-state index in [1.54, 1.807) is 0 Å². The van der Waals surface area contributed by atoms with Crippen molar-refractivity contribution < 1.29 is 0 Å². The number of hydrogen-bond acceptors (Lipinski definition) is 0. The summed E-state index contributed by atoms with van der Waals surface area (Å²) in [5.41, 5.74) is 0. The number of rotatable bonds is 0. The minimum Gasteiger partial charge on any atom is -0.153 e. The van der Waals surface area contributed by atoms with E-state index in [1.807, 2.05) is 96.9 Å².